The fraction of sp³-hybridized carbons (Fsp3) is 0.417. The van der Waals surface area contributed by atoms with Crippen LogP contribution in [-0.4, -0.2) is 20.7 Å². The van der Waals surface area contributed by atoms with Gasteiger partial charge in [0.25, 0.3) is 0 Å². The molecule has 2 aromatic heterocycles. The number of halogens is 1. The molecule has 5 nitrogen and oxygen atoms in total. The van der Waals surface area contributed by atoms with Crippen LogP contribution in [0.4, 0.5) is 5.13 Å². The zero-order chi connectivity index (χ0) is 14.0. The van der Waals surface area contributed by atoms with Gasteiger partial charge in [-0.15, -0.1) is 11.3 Å². The lowest BCUT2D eigenvalue weighted by molar-refractivity contribution is -0.116. The number of aryl methyl sites for hydroxylation is 4. The van der Waals surface area contributed by atoms with Gasteiger partial charge in [0, 0.05) is 24.0 Å². The summed E-state index contributed by atoms with van der Waals surface area (Å²) >= 11 is 4.89. The first-order chi connectivity index (χ1) is 8.95. The minimum absolute atomic E-state index is 0.0435. The molecule has 2 heterocycles. The summed E-state index contributed by atoms with van der Waals surface area (Å²) in [4.78, 5) is 17.2. The average Bonchev–Trinajstić information content (AvgIpc) is 2.81. The van der Waals surface area contributed by atoms with Crippen LogP contribution in [-0.2, 0) is 11.3 Å². The van der Waals surface area contributed by atoms with Crippen molar-refractivity contribution in [2.24, 2.45) is 0 Å². The van der Waals surface area contributed by atoms with Crippen molar-refractivity contribution in [1.82, 2.24) is 14.8 Å². The topological polar surface area (TPSA) is 59.8 Å². The first-order valence-electron chi connectivity index (χ1n) is 5.89. The summed E-state index contributed by atoms with van der Waals surface area (Å²) in [6.07, 6.45) is 2.26. The van der Waals surface area contributed by atoms with Crippen LogP contribution >= 0.6 is 27.3 Å². The predicted molar refractivity (Wildman–Crippen MR) is 79.5 cm³/mol. The van der Waals surface area contributed by atoms with Crippen molar-refractivity contribution in [3.05, 3.63) is 26.9 Å². The Hall–Kier alpha value is -1.21. The van der Waals surface area contributed by atoms with Crippen LogP contribution in [0.3, 0.4) is 0 Å². The van der Waals surface area contributed by atoms with Gasteiger partial charge in [-0.3, -0.25) is 9.48 Å². The van der Waals surface area contributed by atoms with Gasteiger partial charge in [-0.1, -0.05) is 0 Å². The Balaban J connectivity index is 1.88. The molecule has 0 atom stereocenters. The molecule has 0 aliphatic heterocycles. The molecule has 0 saturated carbocycles. The summed E-state index contributed by atoms with van der Waals surface area (Å²) in [6.45, 7) is 6.40. The van der Waals surface area contributed by atoms with Crippen LogP contribution in [0.2, 0.25) is 0 Å². The third kappa shape index (κ3) is 3.63. The molecule has 7 heteroatoms. The molecule has 2 rings (SSSR count). The predicted octanol–water partition coefficient (Wildman–Crippen LogP) is 3.06. The molecule has 1 N–H and O–H groups in total. The maximum absolute atomic E-state index is 11.8. The number of nitrogens with one attached hydrogen (secondary N) is 1. The smallest absolute Gasteiger partial charge is 0.228 e. The molecule has 0 bridgehead atoms. The molecule has 0 unspecified atom stereocenters. The van der Waals surface area contributed by atoms with Crippen LogP contribution in [0.1, 0.15) is 22.7 Å². The van der Waals surface area contributed by atoms with Gasteiger partial charge >= 0.3 is 0 Å². The van der Waals surface area contributed by atoms with Crippen molar-refractivity contribution in [3.63, 3.8) is 0 Å². The summed E-state index contributed by atoms with van der Waals surface area (Å²) in [5.41, 5.74) is 1.89. The van der Waals surface area contributed by atoms with Gasteiger partial charge in [0.05, 0.1) is 15.9 Å². The van der Waals surface area contributed by atoms with E-state index in [1.54, 1.807) is 4.68 Å². The fourth-order valence-corrected chi connectivity index (χ4v) is 2.68. The summed E-state index contributed by atoms with van der Waals surface area (Å²) in [5.74, 6) is -0.0435. The van der Waals surface area contributed by atoms with E-state index >= 15 is 0 Å². The number of anilines is 1. The molecular weight excluding hydrogens is 328 g/mol. The lowest BCUT2D eigenvalue weighted by Gasteiger charge is -2.02. The summed E-state index contributed by atoms with van der Waals surface area (Å²) < 4.78 is 2.72. The fourth-order valence-electron chi connectivity index (χ4n) is 1.53. The van der Waals surface area contributed by atoms with Crippen molar-refractivity contribution in [3.8, 4) is 0 Å². The molecule has 1 amide bonds. The van der Waals surface area contributed by atoms with Crippen LogP contribution in [0.5, 0.6) is 0 Å². The second-order valence-corrected chi connectivity index (χ2v) is 6.34. The highest BCUT2D eigenvalue weighted by Crippen LogP contribution is 2.21. The number of hydrogen-bond acceptors (Lipinski definition) is 4. The number of nitrogens with zero attached hydrogens (tertiary/aromatic N) is 3. The Morgan fingerprint density at radius 1 is 1.42 bits per heavy atom. The van der Waals surface area contributed by atoms with Crippen molar-refractivity contribution >= 4 is 38.3 Å². The molecule has 19 heavy (non-hydrogen) atoms. The molecule has 2 aromatic rings. The molecule has 0 aliphatic rings. The SMILES string of the molecule is Cc1nn(CCC(=O)Nc2nc(C)c(C)s2)cc1Br. The third-order valence-corrected chi connectivity index (χ3v) is 4.50. The van der Waals surface area contributed by atoms with Crippen molar-refractivity contribution in [2.75, 3.05) is 5.32 Å². The second kappa shape index (κ2) is 5.83. The minimum atomic E-state index is -0.0435. The van der Waals surface area contributed by atoms with Crippen molar-refractivity contribution in [1.29, 1.82) is 0 Å². The lowest BCUT2D eigenvalue weighted by atomic mass is 10.4. The number of carbonyl (C=O) groups excluding carboxylic acids is 1. The van der Waals surface area contributed by atoms with Crippen molar-refractivity contribution < 1.29 is 4.79 Å². The second-order valence-electron chi connectivity index (χ2n) is 4.28. The summed E-state index contributed by atoms with van der Waals surface area (Å²) in [5, 5.41) is 7.76. The molecule has 0 spiro atoms. The van der Waals surface area contributed by atoms with E-state index in [9.17, 15) is 4.79 Å². The van der Waals surface area contributed by atoms with E-state index in [-0.39, 0.29) is 5.91 Å². The summed E-state index contributed by atoms with van der Waals surface area (Å²) in [7, 11) is 0. The first kappa shape index (κ1) is 14.2. The van der Waals surface area contributed by atoms with Gasteiger partial charge in [-0.25, -0.2) is 4.98 Å². The Bertz CT molecular complexity index is 566. The van der Waals surface area contributed by atoms with Crippen LogP contribution in [0, 0.1) is 20.8 Å². The number of thiazole rings is 1. The van der Waals surface area contributed by atoms with Crippen molar-refractivity contribution in [2.45, 2.75) is 33.7 Å². The number of amides is 1. The number of aromatic nitrogens is 3. The first-order valence-corrected chi connectivity index (χ1v) is 7.50. The Kier molecular flexibility index (Phi) is 4.36. The summed E-state index contributed by atoms with van der Waals surface area (Å²) in [6, 6.07) is 0. The zero-order valence-electron chi connectivity index (χ0n) is 11.0. The van der Waals surface area contributed by atoms with Gasteiger partial charge in [0.1, 0.15) is 0 Å². The number of carbonyl (C=O) groups is 1. The molecule has 0 aromatic carbocycles. The minimum Gasteiger partial charge on any atom is -0.302 e. The van der Waals surface area contributed by atoms with Gasteiger partial charge in [-0.05, 0) is 36.7 Å². The van der Waals surface area contributed by atoms with E-state index in [2.05, 4.69) is 31.3 Å². The van der Waals surface area contributed by atoms with E-state index in [0.717, 1.165) is 20.7 Å². The maximum Gasteiger partial charge on any atom is 0.228 e. The van der Waals surface area contributed by atoms with Gasteiger partial charge < -0.3 is 5.32 Å². The van der Waals surface area contributed by atoms with Gasteiger partial charge in [0.2, 0.25) is 5.91 Å². The maximum atomic E-state index is 11.8. The quantitative estimate of drug-likeness (QED) is 0.928. The Morgan fingerprint density at radius 3 is 2.68 bits per heavy atom. The van der Waals surface area contributed by atoms with Gasteiger partial charge in [-0.2, -0.15) is 5.10 Å². The largest absolute Gasteiger partial charge is 0.302 e. The standard InChI is InChI=1S/C12H15BrN4OS/c1-7-9(3)19-12(14-7)15-11(18)4-5-17-6-10(13)8(2)16-17/h6H,4-5H2,1-3H3,(H,14,15,18). The third-order valence-electron chi connectivity index (χ3n) is 2.73. The molecule has 0 radical (unpaired) electrons. The van der Waals surface area contributed by atoms with E-state index in [0.29, 0.717) is 18.1 Å². The van der Waals surface area contributed by atoms with E-state index in [1.165, 1.54) is 11.3 Å². The highest BCUT2D eigenvalue weighted by Gasteiger charge is 2.09. The van der Waals surface area contributed by atoms with Gasteiger partial charge in [0.15, 0.2) is 5.13 Å². The van der Waals surface area contributed by atoms with Crippen LogP contribution in [0.25, 0.3) is 0 Å². The van der Waals surface area contributed by atoms with E-state index in [1.807, 2.05) is 27.0 Å². The highest BCUT2D eigenvalue weighted by molar-refractivity contribution is 9.10. The normalized spacial score (nSPS) is 10.7. The number of hydrogen-bond donors (Lipinski definition) is 1. The van der Waals surface area contributed by atoms with E-state index < -0.39 is 0 Å². The molecular formula is C12H15BrN4OS. The monoisotopic (exact) mass is 342 g/mol. The molecule has 0 fully saturated rings. The Labute approximate surface area is 124 Å². The molecule has 0 aliphatic carbocycles. The molecule has 0 saturated heterocycles. The van der Waals surface area contributed by atoms with Crippen LogP contribution < -0.4 is 5.32 Å². The van der Waals surface area contributed by atoms with E-state index in [4.69, 9.17) is 0 Å². The highest BCUT2D eigenvalue weighted by atomic mass is 79.9. The zero-order valence-corrected chi connectivity index (χ0v) is 13.4. The molecule has 102 valence electrons. The number of rotatable bonds is 4. The lowest BCUT2D eigenvalue weighted by Crippen LogP contribution is -2.14. The van der Waals surface area contributed by atoms with Crippen LogP contribution in [0.15, 0.2) is 10.7 Å². The average molecular weight is 343 g/mol. The Morgan fingerprint density at radius 2 is 2.16 bits per heavy atom.